The van der Waals surface area contributed by atoms with E-state index in [4.69, 9.17) is 13.9 Å². The summed E-state index contributed by atoms with van der Waals surface area (Å²) in [4.78, 5) is 12.3. The fourth-order valence-electron chi connectivity index (χ4n) is 2.65. The van der Waals surface area contributed by atoms with E-state index in [0.29, 0.717) is 29.4 Å². The second-order valence-electron chi connectivity index (χ2n) is 5.87. The Bertz CT molecular complexity index is 934. The number of nitrogens with one attached hydrogen (secondary N) is 1. The van der Waals surface area contributed by atoms with Crippen LogP contribution in [0.15, 0.2) is 46.9 Å². The van der Waals surface area contributed by atoms with E-state index in [2.05, 4.69) is 34.6 Å². The lowest BCUT2D eigenvalue weighted by Crippen LogP contribution is -2.12. The number of benzene rings is 2. The van der Waals surface area contributed by atoms with Crippen LogP contribution in [-0.2, 0) is 12.8 Å². The molecular weight excluding hydrogens is 334 g/mol. The zero-order chi connectivity index (χ0) is 17.9. The summed E-state index contributed by atoms with van der Waals surface area (Å²) in [5, 5.41) is 10.5. The maximum Gasteiger partial charge on any atom is 0.322 e. The van der Waals surface area contributed by atoms with Gasteiger partial charge in [-0.25, -0.2) is 0 Å². The molecule has 0 unspecified atom stereocenters. The normalized spacial score (nSPS) is 12.2. The highest BCUT2D eigenvalue weighted by Gasteiger charge is 2.17. The number of ether oxygens (including phenoxy) is 2. The quantitative estimate of drug-likeness (QED) is 0.760. The van der Waals surface area contributed by atoms with Crippen molar-refractivity contribution in [2.24, 2.45) is 0 Å². The Labute approximate surface area is 150 Å². The van der Waals surface area contributed by atoms with Crippen LogP contribution in [0.25, 0.3) is 0 Å². The summed E-state index contributed by atoms with van der Waals surface area (Å²) in [6.07, 6.45) is 1.51. The average Bonchev–Trinajstić information content (AvgIpc) is 3.31. The maximum absolute atomic E-state index is 12.3. The van der Waals surface area contributed by atoms with Crippen molar-refractivity contribution in [3.05, 3.63) is 65.0 Å². The van der Waals surface area contributed by atoms with Gasteiger partial charge in [-0.05, 0) is 35.7 Å². The predicted octanol–water partition coefficient (Wildman–Crippen LogP) is 3.20. The average molecular weight is 351 g/mol. The van der Waals surface area contributed by atoms with Crippen LogP contribution in [0.1, 0.15) is 34.3 Å². The van der Waals surface area contributed by atoms with Gasteiger partial charge in [0.25, 0.3) is 5.91 Å². The lowest BCUT2D eigenvalue weighted by atomic mass is 10.1. The second-order valence-corrected chi connectivity index (χ2v) is 5.87. The zero-order valence-electron chi connectivity index (χ0n) is 14.2. The first-order chi connectivity index (χ1) is 12.7. The summed E-state index contributed by atoms with van der Waals surface area (Å²) < 4.78 is 16.0. The van der Waals surface area contributed by atoms with Crippen molar-refractivity contribution in [3.8, 4) is 11.5 Å². The summed E-state index contributed by atoms with van der Waals surface area (Å²) in [5.41, 5.74) is 2.76. The first-order valence-corrected chi connectivity index (χ1v) is 8.32. The molecule has 2 aromatic carbocycles. The second kappa shape index (κ2) is 6.87. The number of aryl methyl sites for hydroxylation is 1. The van der Waals surface area contributed by atoms with Crippen molar-refractivity contribution in [3.63, 3.8) is 0 Å². The molecule has 26 heavy (non-hydrogen) atoms. The molecule has 132 valence electrons. The number of aromatic nitrogens is 2. The Morgan fingerprint density at radius 1 is 1.04 bits per heavy atom. The van der Waals surface area contributed by atoms with Crippen LogP contribution in [0.2, 0.25) is 0 Å². The number of nitrogens with zero attached hydrogens (tertiary/aromatic N) is 2. The summed E-state index contributed by atoms with van der Waals surface area (Å²) in [7, 11) is 0. The molecule has 1 N–H and O–H groups in total. The van der Waals surface area contributed by atoms with Crippen LogP contribution in [0.3, 0.4) is 0 Å². The van der Waals surface area contributed by atoms with E-state index in [1.807, 2.05) is 12.1 Å². The molecule has 0 atom stereocenters. The zero-order valence-corrected chi connectivity index (χ0v) is 14.2. The van der Waals surface area contributed by atoms with Crippen LogP contribution >= 0.6 is 0 Å². The molecule has 0 bridgehead atoms. The van der Waals surface area contributed by atoms with Crippen molar-refractivity contribution >= 4 is 11.9 Å². The summed E-state index contributed by atoms with van der Waals surface area (Å²) in [5.74, 6) is 1.25. The van der Waals surface area contributed by atoms with Crippen LogP contribution < -0.4 is 14.8 Å². The first kappa shape index (κ1) is 16.1. The van der Waals surface area contributed by atoms with E-state index in [9.17, 15) is 4.79 Å². The fourth-order valence-corrected chi connectivity index (χ4v) is 2.65. The molecule has 0 spiro atoms. The van der Waals surface area contributed by atoms with Gasteiger partial charge in [-0.1, -0.05) is 36.3 Å². The van der Waals surface area contributed by atoms with Crippen molar-refractivity contribution in [2.45, 2.75) is 19.8 Å². The molecule has 1 aromatic heterocycles. The van der Waals surface area contributed by atoms with Crippen molar-refractivity contribution < 1.29 is 18.7 Å². The number of hydrogen-bond acceptors (Lipinski definition) is 6. The molecule has 0 radical (unpaired) electrons. The standard InChI is InChI=1S/C19H17N3O4/c1-2-12-3-5-13(6-4-12)9-17-21-22-19(26-17)20-18(23)14-7-8-15-16(10-14)25-11-24-15/h3-8,10H,2,9,11H2,1H3,(H,20,22,23). The van der Waals surface area contributed by atoms with Gasteiger partial charge in [0.05, 0.1) is 6.42 Å². The lowest BCUT2D eigenvalue weighted by Gasteiger charge is -2.02. The molecule has 0 saturated heterocycles. The van der Waals surface area contributed by atoms with Gasteiger partial charge in [-0.3, -0.25) is 10.1 Å². The van der Waals surface area contributed by atoms with Crippen molar-refractivity contribution in [1.82, 2.24) is 10.2 Å². The van der Waals surface area contributed by atoms with Crippen LogP contribution in [0.4, 0.5) is 6.01 Å². The summed E-state index contributed by atoms with van der Waals surface area (Å²) in [6, 6.07) is 13.2. The predicted molar refractivity (Wildman–Crippen MR) is 93.4 cm³/mol. The van der Waals surface area contributed by atoms with Crippen LogP contribution in [0.5, 0.6) is 11.5 Å². The van der Waals surface area contributed by atoms with E-state index in [1.54, 1.807) is 18.2 Å². The Balaban J connectivity index is 1.42. The molecule has 3 aromatic rings. The first-order valence-electron chi connectivity index (χ1n) is 8.32. The highest BCUT2D eigenvalue weighted by atomic mass is 16.7. The Kier molecular flexibility index (Phi) is 4.27. The third kappa shape index (κ3) is 3.37. The Morgan fingerprint density at radius 2 is 1.81 bits per heavy atom. The highest BCUT2D eigenvalue weighted by Crippen LogP contribution is 2.32. The molecule has 0 aliphatic carbocycles. The fraction of sp³-hybridized carbons (Fsp3) is 0.211. The van der Waals surface area contributed by atoms with Gasteiger partial charge in [0.1, 0.15) is 0 Å². The topological polar surface area (TPSA) is 86.5 Å². The lowest BCUT2D eigenvalue weighted by molar-refractivity contribution is 0.102. The van der Waals surface area contributed by atoms with E-state index in [0.717, 1.165) is 12.0 Å². The minimum absolute atomic E-state index is 0.0628. The highest BCUT2D eigenvalue weighted by molar-refractivity contribution is 6.03. The minimum atomic E-state index is -0.356. The van der Waals surface area contributed by atoms with Gasteiger partial charge in [-0.15, -0.1) is 5.10 Å². The number of amides is 1. The Hall–Kier alpha value is -3.35. The van der Waals surface area contributed by atoms with E-state index in [-0.39, 0.29) is 18.7 Å². The van der Waals surface area contributed by atoms with Crippen LogP contribution in [0, 0.1) is 0 Å². The largest absolute Gasteiger partial charge is 0.454 e. The summed E-state index contributed by atoms with van der Waals surface area (Å²) >= 11 is 0. The molecule has 4 rings (SSSR count). The maximum atomic E-state index is 12.3. The van der Waals surface area contributed by atoms with Gasteiger partial charge in [-0.2, -0.15) is 0 Å². The van der Waals surface area contributed by atoms with E-state index < -0.39 is 0 Å². The number of hydrogen-bond donors (Lipinski definition) is 1. The van der Waals surface area contributed by atoms with E-state index >= 15 is 0 Å². The van der Waals surface area contributed by atoms with Gasteiger partial charge in [0.2, 0.25) is 12.7 Å². The van der Waals surface area contributed by atoms with Crippen molar-refractivity contribution in [2.75, 3.05) is 12.1 Å². The summed E-state index contributed by atoms with van der Waals surface area (Å²) in [6.45, 7) is 2.27. The number of fused-ring (bicyclic) bond motifs is 1. The number of carbonyl (C=O) groups is 1. The van der Waals surface area contributed by atoms with Gasteiger partial charge >= 0.3 is 6.01 Å². The Morgan fingerprint density at radius 3 is 2.62 bits per heavy atom. The molecular formula is C19H17N3O4. The molecule has 1 aliphatic rings. The number of rotatable bonds is 5. The van der Waals surface area contributed by atoms with Gasteiger partial charge in [0.15, 0.2) is 11.5 Å². The molecule has 2 heterocycles. The number of carbonyl (C=O) groups excluding carboxylic acids is 1. The third-order valence-corrected chi connectivity index (χ3v) is 4.11. The van der Waals surface area contributed by atoms with E-state index in [1.165, 1.54) is 5.56 Å². The number of anilines is 1. The molecule has 7 nitrogen and oxygen atoms in total. The smallest absolute Gasteiger partial charge is 0.322 e. The molecule has 0 saturated carbocycles. The van der Waals surface area contributed by atoms with Gasteiger partial charge < -0.3 is 13.9 Å². The molecule has 7 heteroatoms. The third-order valence-electron chi connectivity index (χ3n) is 4.11. The molecule has 0 fully saturated rings. The van der Waals surface area contributed by atoms with Crippen molar-refractivity contribution in [1.29, 1.82) is 0 Å². The molecule has 1 aliphatic heterocycles. The monoisotopic (exact) mass is 351 g/mol. The molecule has 1 amide bonds. The minimum Gasteiger partial charge on any atom is -0.454 e. The SMILES string of the molecule is CCc1ccc(Cc2nnc(NC(=O)c3ccc4c(c3)OCO4)o2)cc1. The van der Waals surface area contributed by atoms with Gasteiger partial charge in [0, 0.05) is 5.56 Å². The van der Waals surface area contributed by atoms with Crippen LogP contribution in [-0.4, -0.2) is 22.9 Å².